The molecule has 3 rings (SSSR count). The Balaban J connectivity index is 0.00000147. The van der Waals surface area contributed by atoms with Crippen LogP contribution in [0, 0.1) is 5.92 Å². The Kier molecular flexibility index (Phi) is 5.62. The zero-order chi connectivity index (χ0) is 12.9. The highest BCUT2D eigenvalue weighted by molar-refractivity contribution is 5.85. The summed E-state index contributed by atoms with van der Waals surface area (Å²) in [6.07, 6.45) is 5.56. The molecular weight excluding hydrogens is 272 g/mol. The van der Waals surface area contributed by atoms with E-state index < -0.39 is 0 Å². The molecule has 20 heavy (non-hydrogen) atoms. The van der Waals surface area contributed by atoms with Crippen LogP contribution in [0.3, 0.4) is 0 Å². The smallest absolute Gasteiger partial charge is 0.145 e. The largest absolute Gasteiger partial charge is 0.491 e. The van der Waals surface area contributed by atoms with Crippen LogP contribution in [0.5, 0.6) is 5.75 Å². The summed E-state index contributed by atoms with van der Waals surface area (Å²) in [6.45, 7) is 3.09. The highest BCUT2D eigenvalue weighted by Gasteiger charge is 2.13. The van der Waals surface area contributed by atoms with E-state index in [1.807, 2.05) is 24.4 Å². The van der Waals surface area contributed by atoms with Crippen molar-refractivity contribution in [3.8, 4) is 5.75 Å². The summed E-state index contributed by atoms with van der Waals surface area (Å²) in [5, 5.41) is 4.58. The van der Waals surface area contributed by atoms with E-state index in [1.54, 1.807) is 0 Å². The van der Waals surface area contributed by atoms with Crippen molar-refractivity contribution in [1.82, 2.24) is 10.3 Å². The lowest BCUT2D eigenvalue weighted by molar-refractivity contribution is 0.256. The van der Waals surface area contributed by atoms with Gasteiger partial charge in [-0.3, -0.25) is 4.98 Å². The molecule has 0 saturated carbocycles. The first-order valence-corrected chi connectivity index (χ1v) is 7.11. The number of nitrogens with one attached hydrogen (secondary N) is 1. The predicted molar refractivity (Wildman–Crippen MR) is 84.7 cm³/mol. The lowest BCUT2D eigenvalue weighted by Crippen LogP contribution is -2.30. The van der Waals surface area contributed by atoms with Gasteiger partial charge in [-0.25, -0.2) is 0 Å². The number of benzene rings is 1. The molecule has 0 aliphatic carbocycles. The number of para-hydroxylation sites is 1. The molecule has 1 fully saturated rings. The van der Waals surface area contributed by atoms with Crippen molar-refractivity contribution in [3.63, 3.8) is 0 Å². The Labute approximate surface area is 126 Å². The second-order valence-electron chi connectivity index (χ2n) is 5.18. The number of rotatable bonds is 4. The molecule has 3 nitrogen and oxygen atoms in total. The van der Waals surface area contributed by atoms with E-state index >= 15 is 0 Å². The molecular formula is C16H21ClN2O. The number of fused-ring (bicyclic) bond motifs is 1. The molecule has 0 spiro atoms. The average Bonchev–Trinajstić information content (AvgIpc) is 2.49. The number of aromatic nitrogens is 1. The van der Waals surface area contributed by atoms with Gasteiger partial charge in [0.25, 0.3) is 0 Å². The molecule has 0 bridgehead atoms. The van der Waals surface area contributed by atoms with Gasteiger partial charge in [-0.15, -0.1) is 12.4 Å². The molecule has 1 N–H and O–H groups in total. The van der Waals surface area contributed by atoms with E-state index in [0.29, 0.717) is 0 Å². The quantitative estimate of drug-likeness (QED) is 0.937. The van der Waals surface area contributed by atoms with Gasteiger partial charge in [0.2, 0.25) is 0 Å². The molecule has 2 aromatic rings. The van der Waals surface area contributed by atoms with Crippen LogP contribution in [0.1, 0.15) is 19.3 Å². The number of nitrogens with zero attached hydrogens (tertiary/aromatic N) is 1. The molecule has 0 radical (unpaired) electrons. The van der Waals surface area contributed by atoms with Crippen molar-refractivity contribution in [2.24, 2.45) is 5.92 Å². The molecule has 1 aromatic heterocycles. The number of pyridine rings is 1. The van der Waals surface area contributed by atoms with Gasteiger partial charge in [0.1, 0.15) is 11.3 Å². The van der Waals surface area contributed by atoms with Crippen molar-refractivity contribution < 1.29 is 4.74 Å². The van der Waals surface area contributed by atoms with E-state index in [2.05, 4.69) is 22.4 Å². The summed E-state index contributed by atoms with van der Waals surface area (Å²) in [4.78, 5) is 4.41. The van der Waals surface area contributed by atoms with E-state index in [1.165, 1.54) is 19.4 Å². The normalized spacial score (nSPS) is 18.5. The van der Waals surface area contributed by atoms with Crippen LogP contribution in [0.15, 0.2) is 36.5 Å². The lowest BCUT2D eigenvalue weighted by Gasteiger charge is -2.22. The average molecular weight is 293 g/mol. The minimum absolute atomic E-state index is 0. The fraction of sp³-hybridized carbons (Fsp3) is 0.438. The van der Waals surface area contributed by atoms with E-state index in [4.69, 9.17) is 4.74 Å². The van der Waals surface area contributed by atoms with E-state index in [-0.39, 0.29) is 12.4 Å². The highest BCUT2D eigenvalue weighted by atomic mass is 35.5. The van der Waals surface area contributed by atoms with E-state index in [9.17, 15) is 0 Å². The molecule has 1 aliphatic rings. The SMILES string of the molecule is Cl.c1cnc2c(OCCC3CCCNC3)cccc2c1. The molecule has 1 saturated heterocycles. The van der Waals surface area contributed by atoms with Gasteiger partial charge in [0.05, 0.1) is 6.61 Å². The van der Waals surface area contributed by atoms with Gasteiger partial charge in [0.15, 0.2) is 0 Å². The summed E-state index contributed by atoms with van der Waals surface area (Å²) in [6, 6.07) is 10.1. The van der Waals surface area contributed by atoms with Crippen LogP contribution in [-0.2, 0) is 0 Å². The number of hydrogen-bond donors (Lipinski definition) is 1. The summed E-state index contributed by atoms with van der Waals surface area (Å²) in [7, 11) is 0. The Morgan fingerprint density at radius 2 is 2.15 bits per heavy atom. The Morgan fingerprint density at radius 1 is 1.25 bits per heavy atom. The molecule has 1 aromatic carbocycles. The molecule has 1 unspecified atom stereocenters. The standard InChI is InChI=1S/C16H20N2O.ClH/c1-5-14-6-3-10-18-16(14)15(7-1)19-11-8-13-4-2-9-17-12-13;/h1,3,5-7,10,13,17H,2,4,8-9,11-12H2;1H. The number of piperidine rings is 1. The zero-order valence-electron chi connectivity index (χ0n) is 11.5. The molecule has 108 valence electrons. The summed E-state index contributed by atoms with van der Waals surface area (Å²) in [5.41, 5.74) is 0.965. The first-order valence-electron chi connectivity index (χ1n) is 7.11. The lowest BCUT2D eigenvalue weighted by atomic mass is 9.97. The topological polar surface area (TPSA) is 34.1 Å². The van der Waals surface area contributed by atoms with Crippen LogP contribution >= 0.6 is 12.4 Å². The fourth-order valence-corrected chi connectivity index (χ4v) is 2.70. The number of ether oxygens (including phenoxy) is 1. The van der Waals surface area contributed by atoms with Gasteiger partial charge < -0.3 is 10.1 Å². The van der Waals surface area contributed by atoms with Crippen LogP contribution in [0.25, 0.3) is 10.9 Å². The van der Waals surface area contributed by atoms with Gasteiger partial charge in [-0.05, 0) is 50.4 Å². The van der Waals surface area contributed by atoms with Crippen LogP contribution in [0.2, 0.25) is 0 Å². The summed E-state index contributed by atoms with van der Waals surface area (Å²) >= 11 is 0. The molecule has 1 atom stereocenters. The summed E-state index contributed by atoms with van der Waals surface area (Å²) < 4.78 is 5.93. The molecule has 1 aliphatic heterocycles. The maximum atomic E-state index is 5.93. The van der Waals surface area contributed by atoms with Gasteiger partial charge in [-0.2, -0.15) is 0 Å². The third-order valence-corrected chi connectivity index (χ3v) is 3.78. The molecule has 0 amide bonds. The number of hydrogen-bond acceptors (Lipinski definition) is 3. The maximum Gasteiger partial charge on any atom is 0.145 e. The molecule has 2 heterocycles. The zero-order valence-corrected chi connectivity index (χ0v) is 12.4. The van der Waals surface area contributed by atoms with Gasteiger partial charge >= 0.3 is 0 Å². The third kappa shape index (κ3) is 3.62. The van der Waals surface area contributed by atoms with Crippen molar-refractivity contribution >= 4 is 23.3 Å². The third-order valence-electron chi connectivity index (χ3n) is 3.78. The Bertz CT molecular complexity index is 535. The van der Waals surface area contributed by atoms with Crippen LogP contribution < -0.4 is 10.1 Å². The second-order valence-corrected chi connectivity index (χ2v) is 5.18. The first-order chi connectivity index (χ1) is 9.43. The Morgan fingerprint density at radius 3 is 3.00 bits per heavy atom. The fourth-order valence-electron chi connectivity index (χ4n) is 2.70. The van der Waals surface area contributed by atoms with Crippen molar-refractivity contribution in [2.75, 3.05) is 19.7 Å². The number of halogens is 1. The van der Waals surface area contributed by atoms with Crippen molar-refractivity contribution in [1.29, 1.82) is 0 Å². The maximum absolute atomic E-state index is 5.93. The highest BCUT2D eigenvalue weighted by Crippen LogP contribution is 2.23. The van der Waals surface area contributed by atoms with Crippen LogP contribution in [0.4, 0.5) is 0 Å². The minimum Gasteiger partial charge on any atom is -0.491 e. The van der Waals surface area contributed by atoms with Gasteiger partial charge in [0, 0.05) is 11.6 Å². The Hall–Kier alpha value is -1.32. The first kappa shape index (κ1) is 15.1. The van der Waals surface area contributed by atoms with E-state index in [0.717, 1.165) is 42.1 Å². The van der Waals surface area contributed by atoms with Crippen molar-refractivity contribution in [3.05, 3.63) is 36.5 Å². The predicted octanol–water partition coefficient (Wildman–Crippen LogP) is 3.43. The minimum atomic E-state index is 0. The van der Waals surface area contributed by atoms with Crippen LogP contribution in [-0.4, -0.2) is 24.7 Å². The summed E-state index contributed by atoms with van der Waals surface area (Å²) in [5.74, 6) is 1.67. The second kappa shape index (κ2) is 7.46. The molecule has 4 heteroatoms. The van der Waals surface area contributed by atoms with Gasteiger partial charge in [-0.1, -0.05) is 18.2 Å². The van der Waals surface area contributed by atoms with Crippen molar-refractivity contribution in [2.45, 2.75) is 19.3 Å². The monoisotopic (exact) mass is 292 g/mol.